The Morgan fingerprint density at radius 3 is 3.14 bits per heavy atom. The quantitative estimate of drug-likeness (QED) is 0.918. The van der Waals surface area contributed by atoms with E-state index in [-0.39, 0.29) is 6.04 Å². The second-order valence-electron chi connectivity index (χ2n) is 5.35. The fourth-order valence-electron chi connectivity index (χ4n) is 2.62. The number of ether oxygens (including phenoxy) is 1. The Labute approximate surface area is 133 Å². The molecule has 1 saturated heterocycles. The maximum absolute atomic E-state index is 10.4. The molecule has 1 aliphatic rings. The van der Waals surface area contributed by atoms with Crippen LogP contribution in [0, 0.1) is 6.92 Å². The first-order valence-corrected chi connectivity index (χ1v) is 8.92. The predicted molar refractivity (Wildman–Crippen MR) is 85.8 cm³/mol. The molecule has 1 fully saturated rings. The van der Waals surface area contributed by atoms with Gasteiger partial charge in [-0.1, -0.05) is 6.07 Å². The molecule has 2 atom stereocenters. The lowest BCUT2D eigenvalue weighted by atomic mass is 10.1. The minimum Gasteiger partial charge on any atom is -0.388 e. The molecule has 0 aliphatic carbocycles. The normalized spacial score (nSPS) is 21.5. The molecule has 0 spiro atoms. The van der Waals surface area contributed by atoms with Crippen LogP contribution in [0.2, 0.25) is 0 Å². The topological polar surface area (TPSA) is 45.6 Å². The van der Waals surface area contributed by atoms with Gasteiger partial charge in [0.25, 0.3) is 0 Å². The van der Waals surface area contributed by atoms with Gasteiger partial charge in [0.2, 0.25) is 0 Å². The molecule has 2 aromatic rings. The summed E-state index contributed by atoms with van der Waals surface area (Å²) in [6.45, 7) is 5.23. The molecule has 6 heteroatoms. The molecule has 0 saturated carbocycles. The Hall–Kier alpha value is -0.790. The van der Waals surface area contributed by atoms with Crippen LogP contribution in [-0.4, -0.2) is 40.8 Å². The summed E-state index contributed by atoms with van der Waals surface area (Å²) in [5.74, 6) is 0. The Morgan fingerprint density at radius 2 is 2.43 bits per heavy atom. The highest BCUT2D eigenvalue weighted by Gasteiger charge is 2.27. The molecule has 114 valence electrons. The van der Waals surface area contributed by atoms with Gasteiger partial charge in [-0.25, -0.2) is 4.98 Å². The van der Waals surface area contributed by atoms with E-state index in [1.54, 1.807) is 22.7 Å². The van der Waals surface area contributed by atoms with Crippen molar-refractivity contribution in [1.29, 1.82) is 0 Å². The number of nitrogens with zero attached hydrogens (tertiary/aromatic N) is 2. The van der Waals surface area contributed by atoms with Crippen LogP contribution >= 0.6 is 22.7 Å². The molecule has 21 heavy (non-hydrogen) atoms. The predicted octanol–water partition coefficient (Wildman–Crippen LogP) is 2.84. The molecule has 2 aromatic heterocycles. The molecule has 3 heterocycles. The van der Waals surface area contributed by atoms with Crippen LogP contribution in [0.4, 0.5) is 0 Å². The Kier molecular flexibility index (Phi) is 5.03. The first kappa shape index (κ1) is 15.1. The van der Waals surface area contributed by atoms with E-state index in [9.17, 15) is 5.11 Å². The zero-order valence-corrected chi connectivity index (χ0v) is 13.7. The molecule has 0 aromatic carbocycles. The van der Waals surface area contributed by atoms with Crippen molar-refractivity contribution >= 4 is 22.7 Å². The fourth-order valence-corrected chi connectivity index (χ4v) is 4.14. The highest BCUT2D eigenvalue weighted by molar-refractivity contribution is 7.10. The third-order valence-electron chi connectivity index (χ3n) is 3.72. The van der Waals surface area contributed by atoms with E-state index >= 15 is 0 Å². The van der Waals surface area contributed by atoms with Crippen LogP contribution in [0.1, 0.15) is 28.1 Å². The molecular formula is C15H20N2O2S2. The van der Waals surface area contributed by atoms with E-state index in [0.29, 0.717) is 13.0 Å². The smallest absolute Gasteiger partial charge is 0.107 e. The summed E-state index contributed by atoms with van der Waals surface area (Å²) in [7, 11) is 0. The Bertz CT molecular complexity index is 556. The van der Waals surface area contributed by atoms with Gasteiger partial charge in [-0.2, -0.15) is 0 Å². The molecule has 2 unspecified atom stereocenters. The minimum absolute atomic E-state index is 0.250. The van der Waals surface area contributed by atoms with Gasteiger partial charge in [0, 0.05) is 28.5 Å². The number of aryl methyl sites for hydroxylation is 1. The summed E-state index contributed by atoms with van der Waals surface area (Å²) in [5.41, 5.74) is 1.08. The van der Waals surface area contributed by atoms with Crippen molar-refractivity contribution in [3.05, 3.63) is 38.5 Å². The lowest BCUT2D eigenvalue weighted by molar-refractivity contribution is -0.0296. The molecule has 4 nitrogen and oxygen atoms in total. The zero-order valence-electron chi connectivity index (χ0n) is 12.1. The van der Waals surface area contributed by atoms with Crippen molar-refractivity contribution in [1.82, 2.24) is 9.88 Å². The number of rotatable bonds is 5. The molecule has 0 radical (unpaired) electrons. The van der Waals surface area contributed by atoms with Crippen molar-refractivity contribution in [2.24, 2.45) is 0 Å². The standard InChI is InChI=1S/C15H20N2O2S2/c1-11-10-21-15(16-11)8-17-4-5-19-9-12(17)7-13(18)14-3-2-6-20-14/h2-3,6,10,12-13,18H,4-5,7-9H2,1H3. The number of aliphatic hydroxyl groups excluding tert-OH is 1. The molecule has 3 rings (SSSR count). The van der Waals surface area contributed by atoms with E-state index in [2.05, 4.69) is 15.3 Å². The van der Waals surface area contributed by atoms with Gasteiger partial charge < -0.3 is 9.84 Å². The van der Waals surface area contributed by atoms with Crippen molar-refractivity contribution in [2.75, 3.05) is 19.8 Å². The van der Waals surface area contributed by atoms with Gasteiger partial charge in [-0.05, 0) is 24.8 Å². The average Bonchev–Trinajstić information content (AvgIpc) is 3.13. The number of morpholine rings is 1. The Balaban J connectivity index is 1.63. The van der Waals surface area contributed by atoms with Crippen molar-refractivity contribution in [3.63, 3.8) is 0 Å². The molecule has 1 aliphatic heterocycles. The van der Waals surface area contributed by atoms with Crippen LogP contribution in [0.25, 0.3) is 0 Å². The van der Waals surface area contributed by atoms with E-state index in [0.717, 1.165) is 35.3 Å². The van der Waals surface area contributed by atoms with E-state index in [4.69, 9.17) is 4.74 Å². The van der Waals surface area contributed by atoms with E-state index < -0.39 is 6.10 Å². The lowest BCUT2D eigenvalue weighted by Crippen LogP contribution is -2.45. The van der Waals surface area contributed by atoms with Gasteiger partial charge in [0.1, 0.15) is 5.01 Å². The largest absolute Gasteiger partial charge is 0.388 e. The number of hydrogen-bond donors (Lipinski definition) is 1. The van der Waals surface area contributed by atoms with Crippen molar-refractivity contribution < 1.29 is 9.84 Å². The van der Waals surface area contributed by atoms with E-state index in [1.807, 2.05) is 24.4 Å². The number of hydrogen-bond acceptors (Lipinski definition) is 6. The second-order valence-corrected chi connectivity index (χ2v) is 7.27. The van der Waals surface area contributed by atoms with Crippen LogP contribution < -0.4 is 0 Å². The van der Waals surface area contributed by atoms with Crippen molar-refractivity contribution in [2.45, 2.75) is 32.0 Å². The van der Waals surface area contributed by atoms with Crippen LogP contribution in [0.15, 0.2) is 22.9 Å². The first-order valence-electron chi connectivity index (χ1n) is 7.16. The Morgan fingerprint density at radius 1 is 1.52 bits per heavy atom. The fraction of sp³-hybridized carbons (Fsp3) is 0.533. The first-order chi connectivity index (χ1) is 10.2. The number of aromatic nitrogens is 1. The van der Waals surface area contributed by atoms with Gasteiger partial charge in [0.05, 0.1) is 25.9 Å². The molecule has 0 bridgehead atoms. The minimum atomic E-state index is -0.405. The van der Waals surface area contributed by atoms with Gasteiger partial charge in [0.15, 0.2) is 0 Å². The summed E-state index contributed by atoms with van der Waals surface area (Å²) in [6.07, 6.45) is 0.308. The van der Waals surface area contributed by atoms with Gasteiger partial charge in [-0.3, -0.25) is 4.90 Å². The zero-order chi connectivity index (χ0) is 14.7. The number of aliphatic hydroxyl groups is 1. The maximum Gasteiger partial charge on any atom is 0.107 e. The summed E-state index contributed by atoms with van der Waals surface area (Å²) in [5, 5.41) is 15.6. The van der Waals surface area contributed by atoms with Crippen LogP contribution in [0.5, 0.6) is 0 Å². The molecule has 0 amide bonds. The van der Waals surface area contributed by atoms with Crippen LogP contribution in [-0.2, 0) is 11.3 Å². The summed E-state index contributed by atoms with van der Waals surface area (Å²) >= 11 is 3.32. The number of thiophene rings is 1. The van der Waals surface area contributed by atoms with Gasteiger partial charge in [-0.15, -0.1) is 22.7 Å². The molecule has 1 N–H and O–H groups in total. The highest BCUT2D eigenvalue weighted by Crippen LogP contribution is 2.27. The summed E-state index contributed by atoms with van der Waals surface area (Å²) in [4.78, 5) is 7.96. The number of thiazole rings is 1. The highest BCUT2D eigenvalue weighted by atomic mass is 32.1. The lowest BCUT2D eigenvalue weighted by Gasteiger charge is -2.36. The van der Waals surface area contributed by atoms with Gasteiger partial charge >= 0.3 is 0 Å². The monoisotopic (exact) mass is 324 g/mol. The SMILES string of the molecule is Cc1csc(CN2CCOCC2CC(O)c2cccs2)n1. The van der Waals surface area contributed by atoms with Crippen molar-refractivity contribution in [3.8, 4) is 0 Å². The van der Waals surface area contributed by atoms with Crippen LogP contribution in [0.3, 0.4) is 0 Å². The second kappa shape index (κ2) is 6.98. The van der Waals surface area contributed by atoms with E-state index in [1.165, 1.54) is 0 Å². The average molecular weight is 324 g/mol. The third kappa shape index (κ3) is 3.90. The maximum atomic E-state index is 10.4. The summed E-state index contributed by atoms with van der Waals surface area (Å²) in [6, 6.07) is 4.23. The molecular weight excluding hydrogens is 304 g/mol. The summed E-state index contributed by atoms with van der Waals surface area (Å²) < 4.78 is 5.61. The third-order valence-corrected chi connectivity index (χ3v) is 5.65.